The highest BCUT2D eigenvalue weighted by molar-refractivity contribution is 5.94. The van der Waals surface area contributed by atoms with E-state index in [2.05, 4.69) is 5.32 Å². The summed E-state index contributed by atoms with van der Waals surface area (Å²) >= 11 is 0. The van der Waals surface area contributed by atoms with Crippen molar-refractivity contribution in [3.63, 3.8) is 0 Å². The van der Waals surface area contributed by atoms with Gasteiger partial charge >= 0.3 is 0 Å². The van der Waals surface area contributed by atoms with E-state index >= 15 is 0 Å². The average Bonchev–Trinajstić information content (AvgIpc) is 2.42. The summed E-state index contributed by atoms with van der Waals surface area (Å²) in [5, 5.41) is 3.34. The Kier molecular flexibility index (Phi) is 4.53. The van der Waals surface area contributed by atoms with E-state index in [-0.39, 0.29) is 11.7 Å². The molecule has 1 amide bonds. The van der Waals surface area contributed by atoms with E-state index in [0.29, 0.717) is 17.0 Å². The molecule has 0 aliphatic carbocycles. The number of hydrogen-bond donors (Lipinski definition) is 1. The van der Waals surface area contributed by atoms with Crippen LogP contribution in [0.2, 0.25) is 0 Å². The van der Waals surface area contributed by atoms with E-state index in [4.69, 9.17) is 0 Å². The first kappa shape index (κ1) is 14.0. The molecule has 1 fully saturated rings. The number of halogens is 1. The highest BCUT2D eigenvalue weighted by Gasteiger charge is 2.19. The number of amides is 1. The maximum atomic E-state index is 13.5. The first-order valence-corrected chi connectivity index (χ1v) is 6.80. The minimum Gasteiger partial charge on any atom is -0.341 e. The second kappa shape index (κ2) is 6.15. The monoisotopic (exact) mass is 264 g/mol. The van der Waals surface area contributed by atoms with Crippen molar-refractivity contribution < 1.29 is 9.18 Å². The maximum absolute atomic E-state index is 13.5. The van der Waals surface area contributed by atoms with Crippen molar-refractivity contribution in [2.45, 2.75) is 19.8 Å². The van der Waals surface area contributed by atoms with Crippen LogP contribution in [0.3, 0.4) is 0 Å². The van der Waals surface area contributed by atoms with Crippen LogP contribution in [0.1, 0.15) is 28.8 Å². The van der Waals surface area contributed by atoms with Gasteiger partial charge in [-0.15, -0.1) is 0 Å². The molecule has 1 aliphatic rings. The van der Waals surface area contributed by atoms with Crippen LogP contribution in [0.4, 0.5) is 4.39 Å². The molecular formula is C15H21FN2O. The summed E-state index contributed by atoms with van der Waals surface area (Å²) in [7, 11) is 1.79. The fourth-order valence-corrected chi connectivity index (χ4v) is 2.50. The largest absolute Gasteiger partial charge is 0.341 e. The third kappa shape index (κ3) is 3.53. The minimum atomic E-state index is -0.321. The molecule has 19 heavy (non-hydrogen) atoms. The Morgan fingerprint density at radius 2 is 2.32 bits per heavy atom. The molecule has 0 spiro atoms. The molecule has 2 rings (SSSR count). The van der Waals surface area contributed by atoms with Crippen molar-refractivity contribution >= 4 is 5.91 Å². The highest BCUT2D eigenvalue weighted by Crippen LogP contribution is 2.14. The van der Waals surface area contributed by atoms with Crippen LogP contribution in [0.5, 0.6) is 0 Å². The fraction of sp³-hybridized carbons (Fsp3) is 0.533. The van der Waals surface area contributed by atoms with E-state index in [1.807, 2.05) is 0 Å². The van der Waals surface area contributed by atoms with Crippen molar-refractivity contribution in [2.75, 3.05) is 26.7 Å². The number of carbonyl (C=O) groups excluding carboxylic acids is 1. The Balaban J connectivity index is 1.99. The fourth-order valence-electron chi connectivity index (χ4n) is 2.50. The minimum absolute atomic E-state index is 0.107. The van der Waals surface area contributed by atoms with Crippen molar-refractivity contribution in [1.29, 1.82) is 0 Å². The molecule has 4 heteroatoms. The average molecular weight is 264 g/mol. The van der Waals surface area contributed by atoms with Gasteiger partial charge in [0.1, 0.15) is 5.82 Å². The molecule has 0 radical (unpaired) electrons. The summed E-state index contributed by atoms with van der Waals surface area (Å²) in [5.41, 5.74) is 0.991. The van der Waals surface area contributed by atoms with Gasteiger partial charge in [0.15, 0.2) is 0 Å². The Hall–Kier alpha value is -1.42. The highest BCUT2D eigenvalue weighted by atomic mass is 19.1. The maximum Gasteiger partial charge on any atom is 0.253 e. The summed E-state index contributed by atoms with van der Waals surface area (Å²) in [6, 6.07) is 4.67. The number of hydrogen-bond acceptors (Lipinski definition) is 2. The molecule has 1 atom stereocenters. The van der Waals surface area contributed by atoms with E-state index in [1.165, 1.54) is 6.07 Å². The predicted octanol–water partition coefficient (Wildman–Crippen LogP) is 2.21. The zero-order valence-electron chi connectivity index (χ0n) is 11.6. The number of carbonyl (C=O) groups is 1. The summed E-state index contributed by atoms with van der Waals surface area (Å²) in [5.74, 6) is 0.0704. The van der Waals surface area contributed by atoms with Gasteiger partial charge in [-0.05, 0) is 56.5 Å². The van der Waals surface area contributed by atoms with E-state index < -0.39 is 0 Å². The summed E-state index contributed by atoms with van der Waals surface area (Å²) < 4.78 is 13.5. The zero-order chi connectivity index (χ0) is 13.8. The number of piperidine rings is 1. The van der Waals surface area contributed by atoms with Gasteiger partial charge in [-0.25, -0.2) is 4.39 Å². The lowest BCUT2D eigenvalue weighted by molar-refractivity contribution is 0.0764. The lowest BCUT2D eigenvalue weighted by Crippen LogP contribution is -2.39. The molecule has 1 aliphatic heterocycles. The number of nitrogens with one attached hydrogen (secondary N) is 1. The number of nitrogens with zero attached hydrogens (tertiary/aromatic N) is 1. The van der Waals surface area contributed by atoms with Crippen molar-refractivity contribution in [2.24, 2.45) is 5.92 Å². The van der Waals surface area contributed by atoms with E-state index in [1.54, 1.807) is 31.0 Å². The SMILES string of the molecule is Cc1ccc(C(=O)N(C)CC2CCCNC2)cc1F. The second-order valence-electron chi connectivity index (χ2n) is 5.36. The number of aryl methyl sites for hydroxylation is 1. The molecule has 1 saturated heterocycles. The van der Waals surface area contributed by atoms with Crippen LogP contribution >= 0.6 is 0 Å². The zero-order valence-corrected chi connectivity index (χ0v) is 11.6. The predicted molar refractivity (Wildman–Crippen MR) is 73.7 cm³/mol. The Bertz CT molecular complexity index is 455. The number of benzene rings is 1. The van der Waals surface area contributed by atoms with Crippen LogP contribution in [0.15, 0.2) is 18.2 Å². The third-order valence-electron chi connectivity index (χ3n) is 3.70. The molecule has 0 saturated carbocycles. The van der Waals surface area contributed by atoms with E-state index in [9.17, 15) is 9.18 Å². The van der Waals surface area contributed by atoms with E-state index in [0.717, 1.165) is 32.5 Å². The van der Waals surface area contributed by atoms with Gasteiger partial charge in [-0.3, -0.25) is 4.79 Å². The molecule has 104 valence electrons. The number of rotatable bonds is 3. The lowest BCUT2D eigenvalue weighted by Gasteiger charge is -2.27. The first-order valence-electron chi connectivity index (χ1n) is 6.80. The first-order chi connectivity index (χ1) is 9.08. The van der Waals surface area contributed by atoms with Crippen LogP contribution < -0.4 is 5.32 Å². The molecule has 1 heterocycles. The third-order valence-corrected chi connectivity index (χ3v) is 3.70. The molecule has 1 aromatic rings. The summed E-state index contributed by atoms with van der Waals surface area (Å²) in [6.07, 6.45) is 2.30. The van der Waals surface area contributed by atoms with Crippen molar-refractivity contribution in [1.82, 2.24) is 10.2 Å². The summed E-state index contributed by atoms with van der Waals surface area (Å²) in [4.78, 5) is 13.9. The standard InChI is InChI=1S/C15H21FN2O/c1-11-5-6-13(8-14(11)16)15(19)18(2)10-12-4-3-7-17-9-12/h5-6,8,12,17H,3-4,7,9-10H2,1-2H3. The quantitative estimate of drug-likeness (QED) is 0.907. The van der Waals surface area contributed by atoms with Gasteiger partial charge < -0.3 is 10.2 Å². The Labute approximate surface area is 113 Å². The molecule has 1 aromatic carbocycles. The topological polar surface area (TPSA) is 32.3 Å². The van der Waals surface area contributed by atoms with Crippen LogP contribution in [0, 0.1) is 18.7 Å². The van der Waals surface area contributed by atoms with Gasteiger partial charge in [0.25, 0.3) is 5.91 Å². The molecule has 1 unspecified atom stereocenters. The Morgan fingerprint density at radius 3 is 2.95 bits per heavy atom. The lowest BCUT2D eigenvalue weighted by atomic mass is 9.99. The second-order valence-corrected chi connectivity index (χ2v) is 5.36. The van der Waals surface area contributed by atoms with Gasteiger partial charge in [-0.1, -0.05) is 6.07 Å². The van der Waals surface area contributed by atoms with Crippen LogP contribution in [-0.4, -0.2) is 37.5 Å². The molecule has 3 nitrogen and oxygen atoms in total. The smallest absolute Gasteiger partial charge is 0.253 e. The normalized spacial score (nSPS) is 19.2. The van der Waals surface area contributed by atoms with Crippen LogP contribution in [-0.2, 0) is 0 Å². The van der Waals surface area contributed by atoms with Gasteiger partial charge in [0, 0.05) is 19.2 Å². The molecule has 0 bridgehead atoms. The van der Waals surface area contributed by atoms with Crippen molar-refractivity contribution in [3.8, 4) is 0 Å². The molecule has 1 N–H and O–H groups in total. The Morgan fingerprint density at radius 1 is 1.53 bits per heavy atom. The van der Waals surface area contributed by atoms with Gasteiger partial charge in [0.2, 0.25) is 0 Å². The van der Waals surface area contributed by atoms with Gasteiger partial charge in [0.05, 0.1) is 0 Å². The van der Waals surface area contributed by atoms with Crippen molar-refractivity contribution in [3.05, 3.63) is 35.1 Å². The summed E-state index contributed by atoms with van der Waals surface area (Å²) in [6.45, 7) is 4.44. The molecular weight excluding hydrogens is 243 g/mol. The molecule has 0 aromatic heterocycles. The van der Waals surface area contributed by atoms with Crippen LogP contribution in [0.25, 0.3) is 0 Å². The van der Waals surface area contributed by atoms with Gasteiger partial charge in [-0.2, -0.15) is 0 Å².